The van der Waals surface area contributed by atoms with E-state index < -0.39 is 30.2 Å². The number of aliphatic carboxylic acids is 1. The summed E-state index contributed by atoms with van der Waals surface area (Å²) in [6.45, 7) is 0. The van der Waals surface area contributed by atoms with Gasteiger partial charge in [0.15, 0.2) is 0 Å². The third-order valence-corrected chi connectivity index (χ3v) is 0.860. The van der Waals surface area contributed by atoms with Crippen molar-refractivity contribution in [2.75, 3.05) is 0 Å². The molecule has 0 heterocycles. The topological polar surface area (TPSA) is 37.3 Å². The van der Waals surface area contributed by atoms with E-state index in [9.17, 15) is 26.7 Å². The SMILES string of the molecule is O=C(O)CC(F)(F)C(F)=C(F)F. The highest BCUT2D eigenvalue weighted by Gasteiger charge is 2.41. The molecule has 0 aromatic heterocycles. The lowest BCUT2D eigenvalue weighted by Crippen LogP contribution is -2.22. The number of rotatable bonds is 3. The zero-order chi connectivity index (χ0) is 9.94. The molecule has 0 rings (SSSR count). The van der Waals surface area contributed by atoms with Gasteiger partial charge in [0.2, 0.25) is 5.83 Å². The van der Waals surface area contributed by atoms with Gasteiger partial charge in [-0.2, -0.15) is 22.0 Å². The minimum atomic E-state index is -4.63. The van der Waals surface area contributed by atoms with Crippen LogP contribution in [0, 0.1) is 0 Å². The Kier molecular flexibility index (Phi) is 3.17. The number of allylic oxidation sites excluding steroid dienone is 1. The molecule has 0 fully saturated rings. The average Bonchev–Trinajstić information content (AvgIpc) is 1.82. The Bertz CT molecular complexity index is 218. The fraction of sp³-hybridized carbons (Fsp3) is 0.400. The maximum Gasteiger partial charge on any atom is 0.314 e. The highest BCUT2D eigenvalue weighted by Crippen LogP contribution is 2.32. The van der Waals surface area contributed by atoms with E-state index in [1.54, 1.807) is 0 Å². The van der Waals surface area contributed by atoms with Gasteiger partial charge in [-0.15, -0.1) is 0 Å². The molecule has 0 atom stereocenters. The summed E-state index contributed by atoms with van der Waals surface area (Å²) in [4.78, 5) is 9.63. The van der Waals surface area contributed by atoms with E-state index in [0.717, 1.165) is 0 Å². The maximum absolute atomic E-state index is 12.0. The van der Waals surface area contributed by atoms with Gasteiger partial charge in [0, 0.05) is 0 Å². The Hall–Kier alpha value is -1.14. The molecule has 0 saturated heterocycles. The van der Waals surface area contributed by atoms with Gasteiger partial charge in [-0.1, -0.05) is 0 Å². The first-order valence-corrected chi connectivity index (χ1v) is 2.58. The van der Waals surface area contributed by atoms with Gasteiger partial charge in [0.25, 0.3) is 0 Å². The molecule has 0 aliphatic heterocycles. The van der Waals surface area contributed by atoms with E-state index in [1.807, 2.05) is 0 Å². The van der Waals surface area contributed by atoms with Crippen LogP contribution >= 0.6 is 0 Å². The van der Waals surface area contributed by atoms with Crippen LogP contribution in [0.4, 0.5) is 22.0 Å². The van der Waals surface area contributed by atoms with E-state index in [0.29, 0.717) is 0 Å². The van der Waals surface area contributed by atoms with Gasteiger partial charge >= 0.3 is 18.0 Å². The molecule has 2 nitrogen and oxygen atoms in total. The molecule has 0 radical (unpaired) electrons. The zero-order valence-electron chi connectivity index (χ0n) is 5.45. The van der Waals surface area contributed by atoms with Crippen molar-refractivity contribution < 1.29 is 31.9 Å². The number of carboxylic acid groups (broad SMARTS) is 1. The second-order valence-electron chi connectivity index (χ2n) is 1.85. The number of carbonyl (C=O) groups is 1. The van der Waals surface area contributed by atoms with Crippen molar-refractivity contribution in [3.8, 4) is 0 Å². The van der Waals surface area contributed by atoms with Crippen LogP contribution in [0.15, 0.2) is 11.9 Å². The van der Waals surface area contributed by atoms with Crippen molar-refractivity contribution in [1.82, 2.24) is 0 Å². The Morgan fingerprint density at radius 1 is 1.25 bits per heavy atom. The molecule has 1 N–H and O–H groups in total. The van der Waals surface area contributed by atoms with Crippen LogP contribution in [0.25, 0.3) is 0 Å². The predicted molar refractivity (Wildman–Crippen MR) is 27.5 cm³/mol. The van der Waals surface area contributed by atoms with Gasteiger partial charge in [-0.05, 0) is 0 Å². The molecule has 0 unspecified atom stereocenters. The van der Waals surface area contributed by atoms with Gasteiger partial charge in [0.1, 0.15) is 6.42 Å². The summed E-state index contributed by atoms with van der Waals surface area (Å²) in [5.41, 5.74) is 0. The summed E-state index contributed by atoms with van der Waals surface area (Å²) in [6, 6.07) is 0. The molecule has 0 saturated carbocycles. The summed E-state index contributed by atoms with van der Waals surface area (Å²) < 4.78 is 58.2. The molecule has 0 aromatic carbocycles. The molecule has 70 valence electrons. The summed E-state index contributed by atoms with van der Waals surface area (Å²) in [7, 11) is 0. The van der Waals surface area contributed by atoms with Crippen LogP contribution < -0.4 is 0 Å². The van der Waals surface area contributed by atoms with Crippen LogP contribution in [-0.4, -0.2) is 17.0 Å². The zero-order valence-corrected chi connectivity index (χ0v) is 5.45. The molecule has 0 aliphatic carbocycles. The summed E-state index contributed by atoms with van der Waals surface area (Å²) in [5.74, 6) is -9.69. The standard InChI is InChI=1S/C5H3F5O2/c6-3(4(7)8)5(9,10)1-2(11)12/h1H2,(H,11,12). The molecular weight excluding hydrogens is 187 g/mol. The van der Waals surface area contributed by atoms with Crippen molar-refractivity contribution in [1.29, 1.82) is 0 Å². The molecule has 0 aliphatic rings. The van der Waals surface area contributed by atoms with Crippen LogP contribution in [0.2, 0.25) is 0 Å². The van der Waals surface area contributed by atoms with E-state index in [-0.39, 0.29) is 0 Å². The Balaban J connectivity index is 4.62. The highest BCUT2D eigenvalue weighted by molar-refractivity contribution is 5.68. The number of carboxylic acids is 1. The third-order valence-electron chi connectivity index (χ3n) is 0.860. The van der Waals surface area contributed by atoms with E-state index >= 15 is 0 Å². The lowest BCUT2D eigenvalue weighted by atomic mass is 10.2. The lowest BCUT2D eigenvalue weighted by molar-refractivity contribution is -0.143. The fourth-order valence-corrected chi connectivity index (χ4v) is 0.406. The number of hydrogen-bond acceptors (Lipinski definition) is 1. The molecule has 7 heteroatoms. The van der Waals surface area contributed by atoms with E-state index in [4.69, 9.17) is 5.11 Å². The first-order valence-electron chi connectivity index (χ1n) is 2.58. The number of hydrogen-bond donors (Lipinski definition) is 1. The molecule has 0 aromatic rings. The Morgan fingerprint density at radius 3 is 1.92 bits per heavy atom. The molecule has 0 bridgehead atoms. The minimum Gasteiger partial charge on any atom is -0.481 e. The summed E-state index contributed by atoms with van der Waals surface area (Å²) in [6.07, 6.45) is -5.20. The van der Waals surface area contributed by atoms with Crippen molar-refractivity contribution in [3.63, 3.8) is 0 Å². The molecule has 12 heavy (non-hydrogen) atoms. The van der Waals surface area contributed by atoms with Crippen LogP contribution in [-0.2, 0) is 4.79 Å². The monoisotopic (exact) mass is 190 g/mol. The Morgan fingerprint density at radius 2 is 1.67 bits per heavy atom. The van der Waals surface area contributed by atoms with Crippen LogP contribution in [0.3, 0.4) is 0 Å². The smallest absolute Gasteiger partial charge is 0.314 e. The third kappa shape index (κ3) is 2.85. The molecule has 0 spiro atoms. The van der Waals surface area contributed by atoms with Crippen molar-refractivity contribution in [2.45, 2.75) is 12.3 Å². The van der Waals surface area contributed by atoms with E-state index in [2.05, 4.69) is 0 Å². The second kappa shape index (κ2) is 3.51. The normalized spacial score (nSPS) is 11.1. The minimum absolute atomic E-state index is 1.99. The quantitative estimate of drug-likeness (QED) is 0.692. The predicted octanol–water partition coefficient (Wildman–Crippen LogP) is 2.17. The number of halogens is 5. The summed E-state index contributed by atoms with van der Waals surface area (Å²) in [5, 5.41) is 7.77. The van der Waals surface area contributed by atoms with Crippen LogP contribution in [0.5, 0.6) is 0 Å². The molecule has 0 amide bonds. The van der Waals surface area contributed by atoms with Crippen molar-refractivity contribution in [2.24, 2.45) is 0 Å². The average molecular weight is 190 g/mol. The van der Waals surface area contributed by atoms with Gasteiger partial charge < -0.3 is 5.11 Å². The number of alkyl halides is 2. The fourth-order valence-electron chi connectivity index (χ4n) is 0.406. The largest absolute Gasteiger partial charge is 0.481 e. The van der Waals surface area contributed by atoms with Crippen LogP contribution in [0.1, 0.15) is 6.42 Å². The Labute approximate surface area is 63.3 Å². The van der Waals surface area contributed by atoms with Gasteiger partial charge in [-0.3, -0.25) is 4.79 Å². The maximum atomic E-state index is 12.0. The second-order valence-corrected chi connectivity index (χ2v) is 1.85. The first-order chi connectivity index (χ1) is 5.27. The highest BCUT2D eigenvalue weighted by atomic mass is 19.3. The van der Waals surface area contributed by atoms with E-state index in [1.165, 1.54) is 0 Å². The van der Waals surface area contributed by atoms with Gasteiger partial charge in [0.05, 0.1) is 0 Å². The van der Waals surface area contributed by atoms with Gasteiger partial charge in [-0.25, -0.2) is 0 Å². The first kappa shape index (κ1) is 10.9. The molecular formula is C5H3F5O2. The lowest BCUT2D eigenvalue weighted by Gasteiger charge is -2.09. The van der Waals surface area contributed by atoms with Crippen molar-refractivity contribution in [3.05, 3.63) is 11.9 Å². The van der Waals surface area contributed by atoms with Crippen molar-refractivity contribution >= 4 is 5.97 Å². The summed E-state index contributed by atoms with van der Waals surface area (Å²) >= 11 is 0.